The van der Waals surface area contributed by atoms with Crippen LogP contribution in [0, 0.1) is 0 Å². The molecule has 0 heterocycles. The van der Waals surface area contributed by atoms with Crippen LogP contribution in [-0.2, 0) is 4.74 Å². The van der Waals surface area contributed by atoms with Gasteiger partial charge in [-0.2, -0.15) is 13.2 Å². The van der Waals surface area contributed by atoms with Gasteiger partial charge in [0, 0.05) is 0 Å². The molecule has 0 aliphatic carbocycles. The summed E-state index contributed by atoms with van der Waals surface area (Å²) in [5, 5.41) is 0. The largest absolute Gasteiger partial charge is 0.464 e. The van der Waals surface area contributed by atoms with Crippen molar-refractivity contribution in [2.75, 3.05) is 0 Å². The zero-order valence-corrected chi connectivity index (χ0v) is 6.53. The van der Waals surface area contributed by atoms with Crippen LogP contribution < -0.4 is 0 Å². The van der Waals surface area contributed by atoms with Crippen LogP contribution in [0.1, 0.15) is 26.7 Å². The van der Waals surface area contributed by atoms with Crippen molar-refractivity contribution in [3.05, 3.63) is 12.1 Å². The van der Waals surface area contributed by atoms with Crippen molar-refractivity contribution >= 4 is 0 Å². The van der Waals surface area contributed by atoms with E-state index in [-0.39, 0.29) is 0 Å². The van der Waals surface area contributed by atoms with Gasteiger partial charge in [0.25, 0.3) is 0 Å². The molecule has 0 aromatic rings. The summed E-state index contributed by atoms with van der Waals surface area (Å²) in [5.74, 6) is 0. The van der Waals surface area contributed by atoms with Crippen LogP contribution >= 0.6 is 0 Å². The van der Waals surface area contributed by atoms with E-state index in [1.807, 2.05) is 6.92 Å². The summed E-state index contributed by atoms with van der Waals surface area (Å²) >= 11 is 0. The number of rotatable bonds is 4. The van der Waals surface area contributed by atoms with Crippen molar-refractivity contribution in [1.29, 1.82) is 0 Å². The van der Waals surface area contributed by atoms with Gasteiger partial charge in [-0.05, 0) is 13.3 Å². The third kappa shape index (κ3) is 4.70. The van der Waals surface area contributed by atoms with Crippen molar-refractivity contribution in [2.45, 2.75) is 32.8 Å². The van der Waals surface area contributed by atoms with E-state index >= 15 is 0 Å². The average molecular weight is 168 g/mol. The maximum Gasteiger partial charge on any atom is 0.342 e. The molecule has 4 heteroatoms. The van der Waals surface area contributed by atoms with Gasteiger partial charge in [-0.1, -0.05) is 13.3 Å². The van der Waals surface area contributed by atoms with Crippen molar-refractivity contribution in [2.24, 2.45) is 0 Å². The van der Waals surface area contributed by atoms with Crippen LogP contribution in [0.4, 0.5) is 13.2 Å². The lowest BCUT2D eigenvalue weighted by Crippen LogP contribution is -2.05. The SMILES string of the molecule is CCCC(C)OC(F)=C(F)F. The molecule has 0 radical (unpaired) electrons. The molecule has 0 spiro atoms. The molecule has 1 unspecified atom stereocenters. The van der Waals surface area contributed by atoms with E-state index < -0.39 is 18.2 Å². The van der Waals surface area contributed by atoms with Crippen molar-refractivity contribution in [3.63, 3.8) is 0 Å². The van der Waals surface area contributed by atoms with Gasteiger partial charge < -0.3 is 4.74 Å². The van der Waals surface area contributed by atoms with Gasteiger partial charge in [0.2, 0.25) is 0 Å². The Hall–Kier alpha value is -0.670. The molecule has 11 heavy (non-hydrogen) atoms. The molecule has 0 N–H and O–H groups in total. The van der Waals surface area contributed by atoms with Crippen LogP contribution in [0.5, 0.6) is 0 Å². The Morgan fingerprint density at radius 2 is 1.91 bits per heavy atom. The molecular formula is C7H11F3O. The topological polar surface area (TPSA) is 9.23 Å². The highest BCUT2D eigenvalue weighted by molar-refractivity contribution is 4.81. The molecule has 0 saturated carbocycles. The molecule has 1 nitrogen and oxygen atoms in total. The molecule has 0 rings (SSSR count). The zero-order chi connectivity index (χ0) is 8.85. The Bertz CT molecular complexity index is 141. The first-order valence-electron chi connectivity index (χ1n) is 3.45. The lowest BCUT2D eigenvalue weighted by atomic mass is 10.2. The third-order valence-corrected chi connectivity index (χ3v) is 1.15. The first-order valence-corrected chi connectivity index (χ1v) is 3.45. The van der Waals surface area contributed by atoms with Gasteiger partial charge in [0.05, 0.1) is 6.10 Å². The predicted molar refractivity (Wildman–Crippen MR) is 35.8 cm³/mol. The zero-order valence-electron chi connectivity index (χ0n) is 6.53. The number of halogens is 3. The quantitative estimate of drug-likeness (QED) is 0.585. The summed E-state index contributed by atoms with van der Waals surface area (Å²) in [5.41, 5.74) is 0. The van der Waals surface area contributed by atoms with E-state index in [0.29, 0.717) is 6.42 Å². The molecule has 0 aliphatic rings. The number of ether oxygens (including phenoxy) is 1. The minimum Gasteiger partial charge on any atom is -0.464 e. The number of hydrogen-bond donors (Lipinski definition) is 0. The van der Waals surface area contributed by atoms with E-state index in [1.165, 1.54) is 0 Å². The van der Waals surface area contributed by atoms with Gasteiger partial charge in [-0.3, -0.25) is 0 Å². The molecule has 1 atom stereocenters. The Labute approximate surface area is 63.8 Å². The van der Waals surface area contributed by atoms with E-state index in [2.05, 4.69) is 4.74 Å². The molecule has 0 bridgehead atoms. The highest BCUT2D eigenvalue weighted by atomic mass is 19.3. The predicted octanol–water partition coefficient (Wildman–Crippen LogP) is 3.23. The van der Waals surface area contributed by atoms with Crippen LogP contribution in [0.2, 0.25) is 0 Å². The van der Waals surface area contributed by atoms with E-state index in [9.17, 15) is 13.2 Å². The maximum absolute atomic E-state index is 12.0. The fourth-order valence-electron chi connectivity index (χ4n) is 0.687. The first kappa shape index (κ1) is 10.3. The highest BCUT2D eigenvalue weighted by Crippen LogP contribution is 2.14. The molecule has 66 valence electrons. The van der Waals surface area contributed by atoms with Crippen LogP contribution in [-0.4, -0.2) is 6.10 Å². The van der Waals surface area contributed by atoms with Crippen LogP contribution in [0.3, 0.4) is 0 Å². The lowest BCUT2D eigenvalue weighted by molar-refractivity contribution is 0.0578. The molecule has 0 amide bonds. The van der Waals surface area contributed by atoms with E-state index in [4.69, 9.17) is 0 Å². The summed E-state index contributed by atoms with van der Waals surface area (Å²) in [4.78, 5) is 0. The molecular weight excluding hydrogens is 157 g/mol. The van der Waals surface area contributed by atoms with Crippen molar-refractivity contribution < 1.29 is 17.9 Å². The van der Waals surface area contributed by atoms with E-state index in [1.54, 1.807) is 6.92 Å². The molecule has 0 aliphatic heterocycles. The second-order valence-electron chi connectivity index (χ2n) is 2.25. The molecule has 0 saturated heterocycles. The monoisotopic (exact) mass is 168 g/mol. The summed E-state index contributed by atoms with van der Waals surface area (Å²) in [6, 6.07) is -1.76. The summed E-state index contributed by atoms with van der Waals surface area (Å²) in [6.45, 7) is 3.42. The van der Waals surface area contributed by atoms with Gasteiger partial charge in [0.15, 0.2) is 0 Å². The van der Waals surface area contributed by atoms with Gasteiger partial charge in [-0.25, -0.2) is 0 Å². The smallest absolute Gasteiger partial charge is 0.342 e. The van der Waals surface area contributed by atoms with Gasteiger partial charge in [0.1, 0.15) is 0 Å². The van der Waals surface area contributed by atoms with Gasteiger partial charge >= 0.3 is 12.1 Å². The lowest BCUT2D eigenvalue weighted by Gasteiger charge is -2.09. The molecule has 0 fully saturated rings. The fourth-order valence-corrected chi connectivity index (χ4v) is 0.687. The maximum atomic E-state index is 12.0. The standard InChI is InChI=1S/C7H11F3O/c1-3-4-5(2)11-7(10)6(8)9/h5H,3-4H2,1-2H3. The Balaban J connectivity index is 3.75. The van der Waals surface area contributed by atoms with E-state index in [0.717, 1.165) is 6.42 Å². The van der Waals surface area contributed by atoms with Crippen molar-refractivity contribution in [1.82, 2.24) is 0 Å². The second kappa shape index (κ2) is 5.04. The number of hydrogen-bond acceptors (Lipinski definition) is 1. The van der Waals surface area contributed by atoms with Crippen LogP contribution in [0.15, 0.2) is 12.1 Å². The first-order chi connectivity index (χ1) is 5.07. The highest BCUT2D eigenvalue weighted by Gasteiger charge is 2.09. The summed E-state index contributed by atoms with van der Waals surface area (Å²) in [7, 11) is 0. The minimum atomic E-state index is -2.40. The summed E-state index contributed by atoms with van der Waals surface area (Å²) in [6.07, 6.45) is -1.53. The third-order valence-electron chi connectivity index (χ3n) is 1.15. The van der Waals surface area contributed by atoms with Crippen molar-refractivity contribution in [3.8, 4) is 0 Å². The van der Waals surface area contributed by atoms with Crippen LogP contribution in [0.25, 0.3) is 0 Å². The molecule has 0 aromatic heterocycles. The second-order valence-corrected chi connectivity index (χ2v) is 2.25. The Morgan fingerprint density at radius 3 is 2.27 bits per heavy atom. The molecule has 0 aromatic carbocycles. The average Bonchev–Trinajstić information content (AvgIpc) is 1.87. The van der Waals surface area contributed by atoms with Gasteiger partial charge in [-0.15, -0.1) is 0 Å². The Morgan fingerprint density at radius 1 is 1.36 bits per heavy atom. The normalized spacial score (nSPS) is 12.5. The fraction of sp³-hybridized carbons (Fsp3) is 0.714. The minimum absolute atomic E-state index is 0.485. The Kier molecular flexibility index (Phi) is 4.74. The summed E-state index contributed by atoms with van der Waals surface area (Å²) < 4.78 is 39.0.